The van der Waals surface area contributed by atoms with Gasteiger partial charge in [-0.05, 0) is 72.6 Å². The summed E-state index contributed by atoms with van der Waals surface area (Å²) in [6.45, 7) is 20.9. The molecule has 1 aliphatic heterocycles. The lowest BCUT2D eigenvalue weighted by atomic mass is 9.90. The summed E-state index contributed by atoms with van der Waals surface area (Å²) in [5.74, 6) is 0.726. The minimum atomic E-state index is -1.46. The normalized spacial score (nSPS) is 19.7. The van der Waals surface area contributed by atoms with Crippen LogP contribution in [-0.4, -0.2) is 31.8 Å². The first kappa shape index (κ1) is 22.0. The van der Waals surface area contributed by atoms with Crippen LogP contribution in [-0.2, 0) is 0 Å². The van der Waals surface area contributed by atoms with E-state index < -0.39 is 7.22 Å². The second-order valence-electron chi connectivity index (χ2n) is 9.13. The molecule has 0 N–H and O–H groups in total. The van der Waals surface area contributed by atoms with Gasteiger partial charge in [0.05, 0.1) is 0 Å². The Morgan fingerprint density at radius 1 is 1.08 bits per heavy atom. The molecular formula is C23H41NSSi. The molecule has 1 nitrogen and oxygen atoms in total. The van der Waals surface area contributed by atoms with Gasteiger partial charge in [-0.25, -0.2) is 0 Å². The van der Waals surface area contributed by atoms with Crippen molar-refractivity contribution < 1.29 is 0 Å². The minimum absolute atomic E-state index is 0.726. The Labute approximate surface area is 168 Å². The highest BCUT2D eigenvalue weighted by atomic mass is 32.4. The number of hydrogen-bond donors (Lipinski definition) is 0. The number of piperidine rings is 1. The van der Waals surface area contributed by atoms with Crippen LogP contribution in [0.5, 0.6) is 0 Å². The summed E-state index contributed by atoms with van der Waals surface area (Å²) in [6, 6.07) is 9.61. The summed E-state index contributed by atoms with van der Waals surface area (Å²) in [7, 11) is -1.46. The number of likely N-dealkylation sites (tertiary alicyclic amines) is 1. The van der Waals surface area contributed by atoms with Gasteiger partial charge in [0.1, 0.15) is 7.22 Å². The quantitative estimate of drug-likeness (QED) is 0.421. The van der Waals surface area contributed by atoms with Crippen molar-refractivity contribution in [3.63, 3.8) is 0 Å². The third-order valence-corrected chi connectivity index (χ3v) is 18.6. The molecule has 1 atom stereocenters. The maximum absolute atomic E-state index is 2.67. The average molecular weight is 392 g/mol. The Morgan fingerprint density at radius 2 is 1.73 bits per heavy atom. The van der Waals surface area contributed by atoms with E-state index in [9.17, 15) is 0 Å². The van der Waals surface area contributed by atoms with E-state index in [-0.39, 0.29) is 0 Å². The molecule has 0 aliphatic carbocycles. The van der Waals surface area contributed by atoms with Gasteiger partial charge < -0.3 is 4.90 Å². The molecule has 1 heterocycles. The van der Waals surface area contributed by atoms with Gasteiger partial charge in [-0.3, -0.25) is 0 Å². The summed E-state index contributed by atoms with van der Waals surface area (Å²) >= 11 is 2.27. The van der Waals surface area contributed by atoms with Gasteiger partial charge in [-0.1, -0.05) is 60.6 Å². The Balaban J connectivity index is 2.22. The summed E-state index contributed by atoms with van der Waals surface area (Å²) in [6.07, 6.45) is 3.98. The van der Waals surface area contributed by atoms with E-state index >= 15 is 0 Å². The van der Waals surface area contributed by atoms with Crippen LogP contribution in [0.2, 0.25) is 16.6 Å². The molecule has 1 fully saturated rings. The van der Waals surface area contributed by atoms with E-state index in [1.54, 1.807) is 5.56 Å². The lowest BCUT2D eigenvalue weighted by Gasteiger charge is -2.42. The monoisotopic (exact) mass is 391 g/mol. The first-order valence-corrected chi connectivity index (χ1v) is 14.6. The second-order valence-corrected chi connectivity index (χ2v) is 17.7. The zero-order valence-electron chi connectivity index (χ0n) is 18.2. The molecule has 1 saturated heterocycles. The average Bonchev–Trinajstić information content (AvgIpc) is 2.59. The molecule has 1 aliphatic rings. The molecule has 0 radical (unpaired) electrons. The summed E-state index contributed by atoms with van der Waals surface area (Å²) in [5.41, 5.74) is 3.97. The van der Waals surface area contributed by atoms with Gasteiger partial charge in [0.15, 0.2) is 0 Å². The second kappa shape index (κ2) is 9.79. The Bertz CT molecular complexity index is 531. The van der Waals surface area contributed by atoms with Crippen molar-refractivity contribution in [2.75, 3.05) is 19.6 Å². The highest BCUT2D eigenvalue weighted by Gasteiger charge is 2.44. The number of hydrogen-bond acceptors (Lipinski definition) is 2. The SMILES string of the molecule is CCCN1CCC[C@@H](c2cccc(S[Si](C(C)C)(C(C)C)C(C)C)c2)C1. The van der Waals surface area contributed by atoms with Crippen LogP contribution in [0.4, 0.5) is 0 Å². The van der Waals surface area contributed by atoms with Gasteiger partial charge in [0.2, 0.25) is 0 Å². The van der Waals surface area contributed by atoms with Crippen LogP contribution in [0.15, 0.2) is 29.2 Å². The van der Waals surface area contributed by atoms with Crippen molar-refractivity contribution in [3.8, 4) is 0 Å². The lowest BCUT2D eigenvalue weighted by Crippen LogP contribution is -2.41. The molecule has 0 unspecified atom stereocenters. The van der Waals surface area contributed by atoms with E-state index in [2.05, 4.69) is 88.8 Å². The van der Waals surface area contributed by atoms with E-state index in [1.807, 2.05) is 0 Å². The zero-order chi connectivity index (χ0) is 19.3. The van der Waals surface area contributed by atoms with E-state index in [0.29, 0.717) is 0 Å². The largest absolute Gasteiger partial charge is 0.303 e. The highest BCUT2D eigenvalue weighted by Crippen LogP contribution is 2.52. The maximum Gasteiger partial charge on any atom is 0.131 e. The molecule has 26 heavy (non-hydrogen) atoms. The molecule has 1 aromatic carbocycles. The van der Waals surface area contributed by atoms with Gasteiger partial charge in [-0.15, -0.1) is 0 Å². The van der Waals surface area contributed by atoms with Crippen LogP contribution >= 0.6 is 11.2 Å². The summed E-state index contributed by atoms with van der Waals surface area (Å²) in [4.78, 5) is 4.20. The molecule has 148 valence electrons. The van der Waals surface area contributed by atoms with Crippen molar-refractivity contribution in [2.45, 2.75) is 95.2 Å². The first-order valence-electron chi connectivity index (χ1n) is 10.8. The fourth-order valence-electron chi connectivity index (χ4n) is 5.24. The lowest BCUT2D eigenvalue weighted by molar-refractivity contribution is 0.208. The topological polar surface area (TPSA) is 3.24 Å². The molecule has 3 heteroatoms. The third kappa shape index (κ3) is 4.96. The number of rotatable bonds is 8. The van der Waals surface area contributed by atoms with E-state index in [1.165, 1.54) is 43.8 Å². The van der Waals surface area contributed by atoms with Crippen LogP contribution in [0, 0.1) is 0 Å². The molecule has 0 saturated carbocycles. The Hall–Kier alpha value is -0.253. The number of nitrogens with zero attached hydrogens (tertiary/aromatic N) is 1. The Morgan fingerprint density at radius 3 is 2.31 bits per heavy atom. The van der Waals surface area contributed by atoms with Crippen molar-refractivity contribution >= 4 is 18.4 Å². The van der Waals surface area contributed by atoms with Gasteiger partial charge >= 0.3 is 0 Å². The predicted octanol–water partition coefficient (Wildman–Crippen LogP) is 7.54. The van der Waals surface area contributed by atoms with Crippen LogP contribution in [0.1, 0.15) is 79.2 Å². The maximum atomic E-state index is 2.67. The molecule has 0 bridgehead atoms. The third-order valence-electron chi connectivity index (χ3n) is 6.38. The smallest absolute Gasteiger partial charge is 0.131 e. The van der Waals surface area contributed by atoms with Crippen molar-refractivity contribution in [2.24, 2.45) is 0 Å². The summed E-state index contributed by atoms with van der Waals surface area (Å²) in [5, 5.41) is 0. The van der Waals surface area contributed by atoms with Crippen molar-refractivity contribution in [3.05, 3.63) is 29.8 Å². The first-order chi connectivity index (χ1) is 12.3. The standard InChI is InChI=1S/C23H41NSSi/c1-8-14-24-15-10-12-22(17-24)21-11-9-13-23(16-21)25-26(18(2)3,19(4)5)20(6)7/h9,11,13,16,18-20,22H,8,10,12,14-15,17H2,1-7H3/t22-/m1/s1. The molecule has 0 aromatic heterocycles. The van der Waals surface area contributed by atoms with Crippen LogP contribution in [0.3, 0.4) is 0 Å². The van der Waals surface area contributed by atoms with Crippen LogP contribution in [0.25, 0.3) is 0 Å². The predicted molar refractivity (Wildman–Crippen MR) is 122 cm³/mol. The Kier molecular flexibility index (Phi) is 8.30. The molecule has 0 spiro atoms. The number of benzene rings is 1. The van der Waals surface area contributed by atoms with Gasteiger partial charge in [0.25, 0.3) is 0 Å². The van der Waals surface area contributed by atoms with Crippen molar-refractivity contribution in [1.29, 1.82) is 0 Å². The molecule has 0 amide bonds. The van der Waals surface area contributed by atoms with Gasteiger partial charge in [0, 0.05) is 11.4 Å². The highest BCUT2D eigenvalue weighted by molar-refractivity contribution is 8.29. The molecular weight excluding hydrogens is 350 g/mol. The minimum Gasteiger partial charge on any atom is -0.303 e. The van der Waals surface area contributed by atoms with Gasteiger partial charge in [-0.2, -0.15) is 11.2 Å². The summed E-state index contributed by atoms with van der Waals surface area (Å²) < 4.78 is 0. The molecule has 2 rings (SSSR count). The fraction of sp³-hybridized carbons (Fsp3) is 0.739. The van der Waals surface area contributed by atoms with Crippen LogP contribution < -0.4 is 0 Å². The van der Waals surface area contributed by atoms with Crippen molar-refractivity contribution in [1.82, 2.24) is 4.90 Å². The molecule has 1 aromatic rings. The zero-order valence-corrected chi connectivity index (χ0v) is 20.0. The van der Waals surface area contributed by atoms with E-state index in [4.69, 9.17) is 0 Å². The fourth-order valence-corrected chi connectivity index (χ4v) is 14.4. The van der Waals surface area contributed by atoms with E-state index in [0.717, 1.165) is 22.5 Å².